The minimum Gasteiger partial charge on any atom is -0.374 e. The summed E-state index contributed by atoms with van der Waals surface area (Å²) in [5, 5.41) is 5.57. The highest BCUT2D eigenvalue weighted by atomic mass is 32.1. The van der Waals surface area contributed by atoms with E-state index in [1.165, 1.54) is 43.4 Å². The molecule has 0 atom stereocenters. The van der Waals surface area contributed by atoms with Gasteiger partial charge in [0.25, 0.3) is 5.91 Å². The zero-order valence-corrected chi connectivity index (χ0v) is 14.2. The van der Waals surface area contributed by atoms with Crippen molar-refractivity contribution in [1.82, 2.24) is 4.98 Å². The smallest absolute Gasteiger partial charge is 0.275 e. The molecule has 1 amide bonds. The van der Waals surface area contributed by atoms with Crippen molar-refractivity contribution in [3.05, 3.63) is 45.9 Å². The number of aryl methyl sites for hydroxylation is 1. The summed E-state index contributed by atoms with van der Waals surface area (Å²) in [5.41, 5.74) is 2.34. The molecule has 1 aromatic carbocycles. The van der Waals surface area contributed by atoms with E-state index in [2.05, 4.69) is 10.3 Å². The predicted octanol–water partition coefficient (Wildman–Crippen LogP) is 4.55. The summed E-state index contributed by atoms with van der Waals surface area (Å²) in [7, 11) is 0. The van der Waals surface area contributed by atoms with Gasteiger partial charge >= 0.3 is 0 Å². The van der Waals surface area contributed by atoms with Crippen LogP contribution >= 0.6 is 11.3 Å². The second kappa shape index (κ2) is 7.70. The van der Waals surface area contributed by atoms with E-state index in [1.807, 2.05) is 31.2 Å². The maximum Gasteiger partial charge on any atom is 0.275 e. The lowest BCUT2D eigenvalue weighted by Crippen LogP contribution is -2.16. The summed E-state index contributed by atoms with van der Waals surface area (Å²) in [4.78, 5) is 16.4. The number of nitrogens with zero attached hydrogens (tertiary/aromatic N) is 1. The molecule has 0 bridgehead atoms. The Morgan fingerprint density at radius 2 is 2.17 bits per heavy atom. The lowest BCUT2D eigenvalue weighted by Gasteiger charge is -2.22. The van der Waals surface area contributed by atoms with Crippen molar-refractivity contribution in [2.45, 2.75) is 51.7 Å². The summed E-state index contributed by atoms with van der Waals surface area (Å²) >= 11 is 1.48. The molecule has 4 nitrogen and oxygen atoms in total. The fraction of sp³-hybridized carbons (Fsp3) is 0.444. The highest BCUT2D eigenvalue weighted by Gasteiger charge is 2.14. The Bertz CT molecular complexity index is 663. The molecule has 1 aliphatic rings. The topological polar surface area (TPSA) is 51.2 Å². The van der Waals surface area contributed by atoms with Crippen LogP contribution in [0.15, 0.2) is 29.6 Å². The molecule has 1 aromatic heterocycles. The molecule has 0 unspecified atom stereocenters. The molecule has 1 saturated carbocycles. The van der Waals surface area contributed by atoms with Crippen LogP contribution in [0.4, 0.5) is 5.69 Å². The number of benzene rings is 1. The second-order valence-electron chi connectivity index (χ2n) is 5.98. The fourth-order valence-corrected chi connectivity index (χ4v) is 3.44. The first-order valence-corrected chi connectivity index (χ1v) is 9.03. The number of hydrogen-bond donors (Lipinski definition) is 1. The molecule has 1 aliphatic carbocycles. The number of thiazole rings is 1. The number of nitrogens with one attached hydrogen (secondary N) is 1. The van der Waals surface area contributed by atoms with Crippen LogP contribution in [0.5, 0.6) is 0 Å². The van der Waals surface area contributed by atoms with Crippen molar-refractivity contribution >= 4 is 22.9 Å². The van der Waals surface area contributed by atoms with E-state index < -0.39 is 0 Å². The molecule has 0 spiro atoms. The Hall–Kier alpha value is -1.72. The number of carbonyl (C=O) groups is 1. The third kappa shape index (κ3) is 4.62. The first-order valence-electron chi connectivity index (χ1n) is 8.15. The molecular formula is C18H22N2O2S. The Labute approximate surface area is 140 Å². The third-order valence-electron chi connectivity index (χ3n) is 4.07. The van der Waals surface area contributed by atoms with Gasteiger partial charge in [-0.1, -0.05) is 31.4 Å². The number of carbonyl (C=O) groups excluding carboxylic acids is 1. The van der Waals surface area contributed by atoms with Gasteiger partial charge in [-0.3, -0.25) is 4.79 Å². The van der Waals surface area contributed by atoms with Crippen molar-refractivity contribution in [1.29, 1.82) is 0 Å². The van der Waals surface area contributed by atoms with Crippen LogP contribution in [-0.2, 0) is 11.3 Å². The molecule has 3 rings (SSSR count). The molecule has 5 heteroatoms. The third-order valence-corrected chi connectivity index (χ3v) is 4.85. The van der Waals surface area contributed by atoms with Gasteiger partial charge < -0.3 is 10.1 Å². The van der Waals surface area contributed by atoms with Gasteiger partial charge in [-0.25, -0.2) is 4.98 Å². The molecule has 0 radical (unpaired) electrons. The van der Waals surface area contributed by atoms with Crippen molar-refractivity contribution in [2.24, 2.45) is 0 Å². The Morgan fingerprint density at radius 3 is 2.91 bits per heavy atom. The summed E-state index contributed by atoms with van der Waals surface area (Å²) < 4.78 is 5.99. The quantitative estimate of drug-likeness (QED) is 0.875. The molecule has 2 aromatic rings. The average molecular weight is 330 g/mol. The van der Waals surface area contributed by atoms with Gasteiger partial charge in [0.15, 0.2) is 0 Å². The average Bonchev–Trinajstić information content (AvgIpc) is 3.01. The lowest BCUT2D eigenvalue weighted by molar-refractivity contribution is 0.0169. The standard InChI is InChI=1S/C18H22N2O2S/c1-13-19-17(12-23-13)18(21)20-15-7-5-6-14(10-15)11-22-16-8-3-2-4-9-16/h5-7,10,12,16H,2-4,8-9,11H2,1H3,(H,20,21). The highest BCUT2D eigenvalue weighted by molar-refractivity contribution is 7.09. The summed E-state index contributed by atoms with van der Waals surface area (Å²) in [6, 6.07) is 7.84. The molecule has 0 saturated heterocycles. The molecule has 1 N–H and O–H groups in total. The maximum atomic E-state index is 12.1. The second-order valence-corrected chi connectivity index (χ2v) is 7.04. The summed E-state index contributed by atoms with van der Waals surface area (Å²) in [6.07, 6.45) is 6.60. The van der Waals surface area contributed by atoms with Gasteiger partial charge in [-0.2, -0.15) is 0 Å². The maximum absolute atomic E-state index is 12.1. The normalized spacial score (nSPS) is 15.5. The number of rotatable bonds is 5. The predicted molar refractivity (Wildman–Crippen MR) is 92.9 cm³/mol. The van der Waals surface area contributed by atoms with Crippen molar-refractivity contribution in [3.8, 4) is 0 Å². The van der Waals surface area contributed by atoms with Crippen LogP contribution in [0.25, 0.3) is 0 Å². The monoisotopic (exact) mass is 330 g/mol. The molecule has 1 fully saturated rings. The number of hydrogen-bond acceptors (Lipinski definition) is 4. The van der Waals surface area contributed by atoms with E-state index >= 15 is 0 Å². The zero-order valence-electron chi connectivity index (χ0n) is 13.4. The van der Waals surface area contributed by atoms with Gasteiger partial charge in [0, 0.05) is 11.1 Å². The highest BCUT2D eigenvalue weighted by Crippen LogP contribution is 2.22. The zero-order chi connectivity index (χ0) is 16.1. The van der Waals surface area contributed by atoms with Crippen LogP contribution in [-0.4, -0.2) is 17.0 Å². The fourth-order valence-electron chi connectivity index (χ4n) is 2.85. The van der Waals surface area contributed by atoms with Crippen LogP contribution in [0.3, 0.4) is 0 Å². The van der Waals surface area contributed by atoms with Crippen molar-refractivity contribution < 1.29 is 9.53 Å². The van der Waals surface area contributed by atoms with Crippen LogP contribution in [0.1, 0.15) is 53.2 Å². The molecule has 1 heterocycles. The Balaban J connectivity index is 1.57. The Morgan fingerprint density at radius 1 is 1.35 bits per heavy atom. The van der Waals surface area contributed by atoms with Crippen molar-refractivity contribution in [3.63, 3.8) is 0 Å². The van der Waals surface area contributed by atoms with Crippen LogP contribution in [0.2, 0.25) is 0 Å². The SMILES string of the molecule is Cc1nc(C(=O)Nc2cccc(COC3CCCCC3)c2)cs1. The molecule has 23 heavy (non-hydrogen) atoms. The van der Waals surface area contributed by atoms with Crippen LogP contribution in [0, 0.1) is 6.92 Å². The first kappa shape index (κ1) is 16.1. The number of ether oxygens (including phenoxy) is 1. The number of anilines is 1. The van der Waals surface area contributed by atoms with E-state index in [0.717, 1.165) is 16.3 Å². The summed E-state index contributed by atoms with van der Waals surface area (Å²) in [5.74, 6) is -0.167. The van der Waals surface area contributed by atoms with E-state index in [-0.39, 0.29) is 5.91 Å². The Kier molecular flexibility index (Phi) is 5.41. The molecule has 122 valence electrons. The lowest BCUT2D eigenvalue weighted by atomic mass is 9.98. The first-order chi connectivity index (χ1) is 11.2. The van der Waals surface area contributed by atoms with Gasteiger partial charge in [-0.05, 0) is 37.5 Å². The van der Waals surface area contributed by atoms with Crippen molar-refractivity contribution in [2.75, 3.05) is 5.32 Å². The van der Waals surface area contributed by atoms with Gasteiger partial charge in [0.1, 0.15) is 5.69 Å². The molecule has 0 aliphatic heterocycles. The van der Waals surface area contributed by atoms with Gasteiger partial charge in [0.05, 0.1) is 17.7 Å². The molecular weight excluding hydrogens is 308 g/mol. The minimum absolute atomic E-state index is 0.167. The van der Waals surface area contributed by atoms with Gasteiger partial charge in [-0.15, -0.1) is 11.3 Å². The number of amides is 1. The van der Waals surface area contributed by atoms with Gasteiger partial charge in [0.2, 0.25) is 0 Å². The summed E-state index contributed by atoms with van der Waals surface area (Å²) in [6.45, 7) is 2.49. The number of aromatic nitrogens is 1. The van der Waals surface area contributed by atoms with E-state index in [0.29, 0.717) is 18.4 Å². The van der Waals surface area contributed by atoms with E-state index in [1.54, 1.807) is 5.38 Å². The minimum atomic E-state index is -0.167. The van der Waals surface area contributed by atoms with E-state index in [4.69, 9.17) is 4.74 Å². The van der Waals surface area contributed by atoms with E-state index in [9.17, 15) is 4.79 Å². The van der Waals surface area contributed by atoms with Crippen LogP contribution < -0.4 is 5.32 Å². The largest absolute Gasteiger partial charge is 0.374 e.